The summed E-state index contributed by atoms with van der Waals surface area (Å²) in [6, 6.07) is 16.7. The summed E-state index contributed by atoms with van der Waals surface area (Å²) < 4.78 is 0. The highest BCUT2D eigenvalue weighted by atomic mass is 35.5. The fourth-order valence-corrected chi connectivity index (χ4v) is 3.72. The summed E-state index contributed by atoms with van der Waals surface area (Å²) in [5, 5.41) is 29.8. The van der Waals surface area contributed by atoms with Crippen LogP contribution in [0, 0.1) is 22.7 Å². The first-order chi connectivity index (χ1) is 13.9. The fourth-order valence-electron chi connectivity index (χ4n) is 2.71. The van der Waals surface area contributed by atoms with E-state index >= 15 is 0 Å². The van der Waals surface area contributed by atoms with E-state index in [0.717, 1.165) is 11.8 Å². The third-order valence-electron chi connectivity index (χ3n) is 4.06. The van der Waals surface area contributed by atoms with Gasteiger partial charge in [-0.3, -0.25) is 4.79 Å². The molecule has 6 nitrogen and oxygen atoms in total. The number of carbonyl (C=O) groups is 1. The number of thioether (sulfide) groups is 1. The van der Waals surface area contributed by atoms with Gasteiger partial charge in [-0.25, -0.2) is 4.98 Å². The molecule has 0 amide bonds. The highest BCUT2D eigenvalue weighted by molar-refractivity contribution is 8.00. The van der Waals surface area contributed by atoms with Crippen molar-refractivity contribution < 1.29 is 9.90 Å². The molecule has 0 bridgehead atoms. The SMILES string of the molecule is N#Cc1c(N)nc(SCC(=O)c2ccc(Cl)cc2)c(C#N)c1-c1cccc(O)c1. The Hall–Kier alpha value is -3.52. The molecular weight excluding hydrogens is 408 g/mol. The largest absolute Gasteiger partial charge is 0.508 e. The lowest BCUT2D eigenvalue weighted by Gasteiger charge is -2.13. The van der Waals surface area contributed by atoms with Crippen LogP contribution in [-0.4, -0.2) is 21.6 Å². The molecule has 0 saturated heterocycles. The number of nitriles is 2. The molecule has 2 aromatic carbocycles. The van der Waals surface area contributed by atoms with Gasteiger partial charge in [0.25, 0.3) is 0 Å². The Morgan fingerprint density at radius 2 is 1.83 bits per heavy atom. The molecule has 3 rings (SSSR count). The van der Waals surface area contributed by atoms with Gasteiger partial charge in [0.1, 0.15) is 34.3 Å². The zero-order valence-corrected chi connectivity index (χ0v) is 16.5. The number of Topliss-reactive ketones (excluding diaryl/α,β-unsaturated/α-hetero) is 1. The number of pyridine rings is 1. The van der Waals surface area contributed by atoms with Crippen LogP contribution in [-0.2, 0) is 0 Å². The van der Waals surface area contributed by atoms with E-state index in [4.69, 9.17) is 17.3 Å². The lowest BCUT2D eigenvalue weighted by atomic mass is 9.97. The Labute approximate surface area is 176 Å². The molecule has 0 aliphatic rings. The number of phenolic OH excluding ortho intramolecular Hbond substituents is 1. The minimum atomic E-state index is -0.167. The number of anilines is 1. The molecule has 0 aliphatic heterocycles. The van der Waals surface area contributed by atoms with Crippen molar-refractivity contribution in [2.75, 3.05) is 11.5 Å². The van der Waals surface area contributed by atoms with Gasteiger partial charge in [0, 0.05) is 16.1 Å². The monoisotopic (exact) mass is 420 g/mol. The van der Waals surface area contributed by atoms with Gasteiger partial charge in [-0.1, -0.05) is 35.5 Å². The Morgan fingerprint density at radius 3 is 2.45 bits per heavy atom. The Morgan fingerprint density at radius 1 is 1.14 bits per heavy atom. The molecule has 0 saturated carbocycles. The van der Waals surface area contributed by atoms with Crippen LogP contribution in [0.15, 0.2) is 53.6 Å². The average molecular weight is 421 g/mol. The van der Waals surface area contributed by atoms with Crippen LogP contribution in [0.3, 0.4) is 0 Å². The van der Waals surface area contributed by atoms with Gasteiger partial charge in [0.15, 0.2) is 5.78 Å². The number of ketones is 1. The van der Waals surface area contributed by atoms with Crippen LogP contribution in [0.5, 0.6) is 5.75 Å². The first-order valence-corrected chi connectivity index (χ1v) is 9.65. The van der Waals surface area contributed by atoms with Gasteiger partial charge in [-0.15, -0.1) is 0 Å². The van der Waals surface area contributed by atoms with Crippen molar-refractivity contribution in [3.05, 3.63) is 70.2 Å². The van der Waals surface area contributed by atoms with Crippen molar-refractivity contribution in [1.29, 1.82) is 10.5 Å². The smallest absolute Gasteiger partial charge is 0.173 e. The summed E-state index contributed by atoms with van der Waals surface area (Å²) in [6.07, 6.45) is 0. The predicted molar refractivity (Wildman–Crippen MR) is 112 cm³/mol. The molecule has 0 fully saturated rings. The van der Waals surface area contributed by atoms with Crippen LogP contribution in [0.25, 0.3) is 11.1 Å². The number of phenols is 1. The van der Waals surface area contributed by atoms with Crippen LogP contribution in [0.2, 0.25) is 5.02 Å². The minimum absolute atomic E-state index is 0.0159. The third kappa shape index (κ3) is 4.33. The Bertz CT molecular complexity index is 1180. The van der Waals surface area contributed by atoms with Gasteiger partial charge in [-0.05, 0) is 42.0 Å². The quantitative estimate of drug-likeness (QED) is 0.462. The van der Waals surface area contributed by atoms with E-state index in [1.54, 1.807) is 36.4 Å². The molecule has 0 unspecified atom stereocenters. The van der Waals surface area contributed by atoms with E-state index in [1.807, 2.05) is 6.07 Å². The standard InChI is InChI=1S/C21H13ClN4O2S/c22-14-6-4-12(5-7-14)18(28)11-29-21-17(10-24)19(16(9-23)20(25)26-21)13-2-1-3-15(27)8-13/h1-8,27H,11H2,(H2,25,26). The lowest BCUT2D eigenvalue weighted by Crippen LogP contribution is -2.06. The molecule has 1 aromatic heterocycles. The second kappa shape index (κ2) is 8.66. The maximum absolute atomic E-state index is 12.4. The van der Waals surface area contributed by atoms with Gasteiger partial charge in [0.05, 0.1) is 11.3 Å². The number of carbonyl (C=O) groups excluding carboxylic acids is 1. The van der Waals surface area contributed by atoms with E-state index in [1.165, 1.54) is 12.1 Å². The van der Waals surface area contributed by atoms with Crippen LogP contribution in [0.1, 0.15) is 21.5 Å². The molecule has 29 heavy (non-hydrogen) atoms. The highest BCUT2D eigenvalue weighted by Gasteiger charge is 2.21. The summed E-state index contributed by atoms with van der Waals surface area (Å²) >= 11 is 6.90. The number of rotatable bonds is 5. The van der Waals surface area contributed by atoms with E-state index in [-0.39, 0.29) is 44.8 Å². The number of hydrogen-bond donors (Lipinski definition) is 2. The number of nitrogens with two attached hydrogens (primary N) is 1. The number of nitrogen functional groups attached to an aromatic ring is 1. The normalized spacial score (nSPS) is 10.2. The third-order valence-corrected chi connectivity index (χ3v) is 5.28. The Balaban J connectivity index is 2.02. The van der Waals surface area contributed by atoms with Crippen molar-refractivity contribution in [3.63, 3.8) is 0 Å². The van der Waals surface area contributed by atoms with E-state index in [0.29, 0.717) is 16.1 Å². The summed E-state index contributed by atoms with van der Waals surface area (Å²) in [7, 11) is 0. The molecule has 0 atom stereocenters. The summed E-state index contributed by atoms with van der Waals surface area (Å²) in [5.74, 6) is -0.211. The van der Waals surface area contributed by atoms with E-state index < -0.39 is 0 Å². The first kappa shape index (κ1) is 20.2. The Kier molecular flexibility index (Phi) is 6.04. The summed E-state index contributed by atoms with van der Waals surface area (Å²) in [4.78, 5) is 16.6. The maximum Gasteiger partial charge on any atom is 0.173 e. The van der Waals surface area contributed by atoms with Gasteiger partial charge in [0.2, 0.25) is 0 Å². The zero-order valence-electron chi connectivity index (χ0n) is 14.9. The highest BCUT2D eigenvalue weighted by Crippen LogP contribution is 2.36. The number of nitrogens with zero attached hydrogens (tertiary/aromatic N) is 3. The number of aromatic hydroxyl groups is 1. The molecule has 3 aromatic rings. The van der Waals surface area contributed by atoms with Crippen LogP contribution >= 0.6 is 23.4 Å². The van der Waals surface area contributed by atoms with Crippen LogP contribution < -0.4 is 5.73 Å². The topological polar surface area (TPSA) is 124 Å². The first-order valence-electron chi connectivity index (χ1n) is 8.29. The zero-order chi connectivity index (χ0) is 21.0. The fraction of sp³-hybridized carbons (Fsp3) is 0.0476. The van der Waals surface area contributed by atoms with E-state index in [2.05, 4.69) is 11.1 Å². The van der Waals surface area contributed by atoms with Crippen molar-refractivity contribution in [3.8, 4) is 29.0 Å². The van der Waals surface area contributed by atoms with Gasteiger partial charge < -0.3 is 10.8 Å². The lowest BCUT2D eigenvalue weighted by molar-refractivity contribution is 0.102. The summed E-state index contributed by atoms with van der Waals surface area (Å²) in [5.41, 5.74) is 7.33. The summed E-state index contributed by atoms with van der Waals surface area (Å²) in [6.45, 7) is 0. The average Bonchev–Trinajstić information content (AvgIpc) is 2.71. The number of hydrogen-bond acceptors (Lipinski definition) is 7. The van der Waals surface area contributed by atoms with Crippen molar-refractivity contribution in [2.24, 2.45) is 0 Å². The number of aromatic nitrogens is 1. The molecular formula is C21H13ClN4O2S. The van der Waals surface area contributed by atoms with Crippen LogP contribution in [0.4, 0.5) is 5.82 Å². The molecule has 1 heterocycles. The molecule has 142 valence electrons. The number of benzene rings is 2. The van der Waals surface area contributed by atoms with Gasteiger partial charge >= 0.3 is 0 Å². The van der Waals surface area contributed by atoms with E-state index in [9.17, 15) is 20.4 Å². The molecule has 8 heteroatoms. The maximum atomic E-state index is 12.4. The second-order valence-electron chi connectivity index (χ2n) is 5.92. The molecule has 0 spiro atoms. The van der Waals surface area contributed by atoms with Gasteiger partial charge in [-0.2, -0.15) is 10.5 Å². The number of halogens is 1. The van der Waals surface area contributed by atoms with Crippen molar-refractivity contribution >= 4 is 35.0 Å². The molecule has 0 aliphatic carbocycles. The predicted octanol–water partition coefficient (Wildman–Crippen LogP) is 4.41. The molecule has 0 radical (unpaired) electrons. The van der Waals surface area contributed by atoms with Crippen molar-refractivity contribution in [1.82, 2.24) is 4.98 Å². The molecule has 3 N–H and O–H groups in total. The minimum Gasteiger partial charge on any atom is -0.508 e. The second-order valence-corrected chi connectivity index (χ2v) is 7.32. The van der Waals surface area contributed by atoms with Crippen molar-refractivity contribution in [2.45, 2.75) is 5.03 Å².